The van der Waals surface area contributed by atoms with Gasteiger partial charge in [-0.15, -0.1) is 0 Å². The number of hydrogen-bond donors (Lipinski definition) is 2. The molecule has 1 amide bonds. The fourth-order valence-corrected chi connectivity index (χ4v) is 3.25. The fraction of sp³-hybridized carbons (Fsp3) is 0.421. The monoisotopic (exact) mass is 357 g/mol. The maximum absolute atomic E-state index is 13.7. The van der Waals surface area contributed by atoms with E-state index < -0.39 is 5.91 Å². The van der Waals surface area contributed by atoms with Gasteiger partial charge in [-0.2, -0.15) is 0 Å². The minimum absolute atomic E-state index is 0.0508. The van der Waals surface area contributed by atoms with Gasteiger partial charge in [0.05, 0.1) is 0 Å². The topological polar surface area (TPSA) is 84.1 Å². The van der Waals surface area contributed by atoms with Crippen LogP contribution in [-0.4, -0.2) is 35.0 Å². The second kappa shape index (κ2) is 7.37. The van der Waals surface area contributed by atoms with Crippen molar-refractivity contribution >= 4 is 11.7 Å². The first kappa shape index (κ1) is 18.3. The summed E-state index contributed by atoms with van der Waals surface area (Å²) in [5, 5.41) is 3.49. The summed E-state index contributed by atoms with van der Waals surface area (Å²) >= 11 is 0. The molecule has 1 aliphatic rings. The van der Waals surface area contributed by atoms with E-state index >= 15 is 0 Å². The van der Waals surface area contributed by atoms with Gasteiger partial charge in [-0.3, -0.25) is 4.79 Å². The number of benzene rings is 1. The first-order chi connectivity index (χ1) is 12.4. The standard InChI is InChI=1S/C19H24FN5O/c1-11-13(3)23-18(17(21)26)24-19(11)25-8-7-15(10-25)22-9-14-5-4-6-16(20)12(14)2/h4-6,15,22H,7-10H2,1-3H3,(H2,21,26)/t15-/m1/s1. The molecule has 2 heterocycles. The van der Waals surface area contributed by atoms with Crippen LogP contribution in [-0.2, 0) is 6.54 Å². The quantitative estimate of drug-likeness (QED) is 0.855. The van der Waals surface area contributed by atoms with E-state index in [1.165, 1.54) is 6.07 Å². The number of nitrogens with two attached hydrogens (primary N) is 1. The third-order valence-corrected chi connectivity index (χ3v) is 5.03. The molecule has 138 valence electrons. The van der Waals surface area contributed by atoms with Crippen LogP contribution in [0.1, 0.15) is 39.4 Å². The Balaban J connectivity index is 1.69. The van der Waals surface area contributed by atoms with Crippen molar-refractivity contribution in [2.75, 3.05) is 18.0 Å². The van der Waals surface area contributed by atoms with Crippen LogP contribution in [0.25, 0.3) is 0 Å². The number of halogens is 1. The zero-order valence-electron chi connectivity index (χ0n) is 15.3. The van der Waals surface area contributed by atoms with Gasteiger partial charge in [0.2, 0.25) is 5.82 Å². The largest absolute Gasteiger partial charge is 0.363 e. The Bertz CT molecular complexity index is 839. The molecule has 3 rings (SSSR count). The lowest BCUT2D eigenvalue weighted by Crippen LogP contribution is -2.33. The Morgan fingerprint density at radius 2 is 2.08 bits per heavy atom. The molecule has 0 radical (unpaired) electrons. The Morgan fingerprint density at radius 3 is 2.81 bits per heavy atom. The van der Waals surface area contributed by atoms with Crippen molar-refractivity contribution in [3.63, 3.8) is 0 Å². The van der Waals surface area contributed by atoms with E-state index in [-0.39, 0.29) is 17.7 Å². The molecule has 2 aromatic rings. The molecule has 6 nitrogen and oxygen atoms in total. The van der Waals surface area contributed by atoms with Crippen LogP contribution in [0.3, 0.4) is 0 Å². The predicted octanol–water partition coefficient (Wildman–Crippen LogP) is 2.01. The smallest absolute Gasteiger partial charge is 0.286 e. The van der Waals surface area contributed by atoms with Crippen molar-refractivity contribution in [1.82, 2.24) is 15.3 Å². The van der Waals surface area contributed by atoms with Crippen LogP contribution >= 0.6 is 0 Å². The highest BCUT2D eigenvalue weighted by Crippen LogP contribution is 2.24. The van der Waals surface area contributed by atoms with E-state index in [9.17, 15) is 9.18 Å². The third-order valence-electron chi connectivity index (χ3n) is 5.03. The molecular formula is C19H24FN5O. The molecule has 0 spiro atoms. The second-order valence-corrected chi connectivity index (χ2v) is 6.78. The Kier molecular flexibility index (Phi) is 5.18. The number of aryl methyl sites for hydroxylation is 1. The van der Waals surface area contributed by atoms with Gasteiger partial charge in [0.15, 0.2) is 0 Å². The number of carbonyl (C=O) groups is 1. The zero-order valence-corrected chi connectivity index (χ0v) is 15.3. The molecule has 3 N–H and O–H groups in total. The van der Waals surface area contributed by atoms with Crippen LogP contribution in [0.2, 0.25) is 0 Å². The van der Waals surface area contributed by atoms with Crippen LogP contribution in [0, 0.1) is 26.6 Å². The van der Waals surface area contributed by atoms with Gasteiger partial charge < -0.3 is 16.0 Å². The number of anilines is 1. The molecule has 1 aromatic heterocycles. The maximum atomic E-state index is 13.7. The molecule has 26 heavy (non-hydrogen) atoms. The number of rotatable bonds is 5. The van der Waals surface area contributed by atoms with Crippen LogP contribution < -0.4 is 16.0 Å². The second-order valence-electron chi connectivity index (χ2n) is 6.78. The van der Waals surface area contributed by atoms with Crippen LogP contribution in [0.5, 0.6) is 0 Å². The Labute approximate surface area is 152 Å². The van der Waals surface area contributed by atoms with E-state index in [0.717, 1.165) is 42.1 Å². The summed E-state index contributed by atoms with van der Waals surface area (Å²) in [4.78, 5) is 22.1. The number of hydrogen-bond acceptors (Lipinski definition) is 5. The summed E-state index contributed by atoms with van der Waals surface area (Å²) in [6.45, 7) is 7.82. The summed E-state index contributed by atoms with van der Waals surface area (Å²) in [5.41, 5.74) is 8.71. The molecule has 1 fully saturated rings. The molecule has 0 aliphatic carbocycles. The van der Waals surface area contributed by atoms with Gasteiger partial charge in [-0.1, -0.05) is 12.1 Å². The van der Waals surface area contributed by atoms with Gasteiger partial charge in [-0.25, -0.2) is 14.4 Å². The van der Waals surface area contributed by atoms with Gasteiger partial charge >= 0.3 is 0 Å². The normalized spacial score (nSPS) is 16.9. The minimum atomic E-state index is -0.621. The Morgan fingerprint density at radius 1 is 1.31 bits per heavy atom. The summed E-state index contributed by atoms with van der Waals surface area (Å²) in [7, 11) is 0. The number of carbonyl (C=O) groups excluding carboxylic acids is 1. The molecule has 0 unspecified atom stereocenters. The van der Waals surface area contributed by atoms with Crippen molar-refractivity contribution in [3.05, 3.63) is 52.2 Å². The fourth-order valence-electron chi connectivity index (χ4n) is 3.25. The van der Waals surface area contributed by atoms with Gasteiger partial charge in [-0.05, 0) is 44.4 Å². The number of amides is 1. The SMILES string of the molecule is Cc1nc(C(N)=O)nc(N2CC[C@@H](NCc3cccc(F)c3C)C2)c1C. The molecule has 7 heteroatoms. The average Bonchev–Trinajstić information content (AvgIpc) is 3.07. The minimum Gasteiger partial charge on any atom is -0.363 e. The molecule has 1 atom stereocenters. The molecule has 0 bridgehead atoms. The summed E-state index contributed by atoms with van der Waals surface area (Å²) in [5.74, 6) is 0.0145. The lowest BCUT2D eigenvalue weighted by atomic mass is 10.1. The van der Waals surface area contributed by atoms with Crippen molar-refractivity contribution in [3.8, 4) is 0 Å². The molecule has 1 saturated heterocycles. The maximum Gasteiger partial charge on any atom is 0.286 e. The average molecular weight is 357 g/mol. The van der Waals surface area contributed by atoms with Gasteiger partial charge in [0.25, 0.3) is 5.91 Å². The van der Waals surface area contributed by atoms with Crippen molar-refractivity contribution in [1.29, 1.82) is 0 Å². The van der Waals surface area contributed by atoms with E-state index in [1.807, 2.05) is 19.9 Å². The Hall–Kier alpha value is -2.54. The number of aromatic nitrogens is 2. The highest BCUT2D eigenvalue weighted by Gasteiger charge is 2.26. The van der Waals surface area contributed by atoms with E-state index in [2.05, 4.69) is 20.2 Å². The highest BCUT2D eigenvalue weighted by molar-refractivity contribution is 5.89. The number of primary amides is 1. The van der Waals surface area contributed by atoms with Crippen LogP contribution in [0.4, 0.5) is 10.2 Å². The first-order valence-electron chi connectivity index (χ1n) is 8.74. The third kappa shape index (κ3) is 3.67. The van der Waals surface area contributed by atoms with E-state index in [0.29, 0.717) is 12.1 Å². The van der Waals surface area contributed by atoms with Crippen molar-refractivity contribution in [2.24, 2.45) is 5.73 Å². The van der Waals surface area contributed by atoms with E-state index in [4.69, 9.17) is 5.73 Å². The lowest BCUT2D eigenvalue weighted by molar-refractivity contribution is 0.0990. The lowest BCUT2D eigenvalue weighted by Gasteiger charge is -2.21. The molecule has 1 aromatic carbocycles. The summed E-state index contributed by atoms with van der Waals surface area (Å²) in [6.07, 6.45) is 0.947. The molecule has 1 aliphatic heterocycles. The number of nitrogens with zero attached hydrogens (tertiary/aromatic N) is 3. The predicted molar refractivity (Wildman–Crippen MR) is 98.6 cm³/mol. The van der Waals surface area contributed by atoms with Gasteiger partial charge in [0.1, 0.15) is 11.6 Å². The van der Waals surface area contributed by atoms with Crippen LogP contribution in [0.15, 0.2) is 18.2 Å². The van der Waals surface area contributed by atoms with Gasteiger partial charge in [0, 0.05) is 36.9 Å². The number of nitrogens with one attached hydrogen (secondary N) is 1. The first-order valence-corrected chi connectivity index (χ1v) is 8.74. The van der Waals surface area contributed by atoms with E-state index in [1.54, 1.807) is 13.0 Å². The molecule has 0 saturated carbocycles. The highest BCUT2D eigenvalue weighted by atomic mass is 19.1. The van der Waals surface area contributed by atoms with Crippen molar-refractivity contribution < 1.29 is 9.18 Å². The summed E-state index contributed by atoms with van der Waals surface area (Å²) in [6, 6.07) is 5.42. The summed E-state index contributed by atoms with van der Waals surface area (Å²) < 4.78 is 13.7. The van der Waals surface area contributed by atoms with Crippen molar-refractivity contribution in [2.45, 2.75) is 39.8 Å². The zero-order chi connectivity index (χ0) is 18.8. The molecular weight excluding hydrogens is 333 g/mol.